The summed E-state index contributed by atoms with van der Waals surface area (Å²) in [6.07, 6.45) is -0.984. The van der Waals surface area contributed by atoms with Crippen molar-refractivity contribution in [3.8, 4) is 0 Å². The Labute approximate surface area is 104 Å². The molecule has 1 saturated carbocycles. The van der Waals surface area contributed by atoms with Crippen molar-refractivity contribution in [2.24, 2.45) is 5.92 Å². The van der Waals surface area contributed by atoms with Crippen molar-refractivity contribution in [3.63, 3.8) is 0 Å². The van der Waals surface area contributed by atoms with E-state index in [9.17, 15) is 18.0 Å². The monoisotopic (exact) mass is 264 g/mol. The first-order valence-electron chi connectivity index (χ1n) is 6.57. The van der Waals surface area contributed by atoms with Gasteiger partial charge in [0.25, 0.3) is 0 Å². The van der Waals surface area contributed by atoms with E-state index in [2.05, 4.69) is 10.6 Å². The number of nitrogens with one attached hydrogen (secondary N) is 2. The molecule has 3 atom stereocenters. The molecule has 2 fully saturated rings. The predicted molar refractivity (Wildman–Crippen MR) is 61.0 cm³/mol. The molecule has 0 spiro atoms. The van der Waals surface area contributed by atoms with Crippen molar-refractivity contribution in [2.75, 3.05) is 6.54 Å². The second kappa shape index (κ2) is 5.47. The maximum absolute atomic E-state index is 12.6. The Kier molecular flexibility index (Phi) is 4.14. The van der Waals surface area contributed by atoms with E-state index in [1.165, 1.54) is 0 Å². The lowest BCUT2D eigenvalue weighted by Crippen LogP contribution is -2.47. The van der Waals surface area contributed by atoms with Crippen LogP contribution in [0.15, 0.2) is 0 Å². The number of carbonyl (C=O) groups excluding carboxylic acids is 1. The van der Waals surface area contributed by atoms with Crippen LogP contribution in [0.4, 0.5) is 13.2 Å². The molecule has 2 aliphatic rings. The first-order valence-corrected chi connectivity index (χ1v) is 6.57. The maximum Gasteiger partial charge on any atom is 0.391 e. The van der Waals surface area contributed by atoms with E-state index in [1.54, 1.807) is 0 Å². The molecule has 1 aliphatic heterocycles. The lowest BCUT2D eigenvalue weighted by atomic mass is 9.85. The molecule has 1 saturated heterocycles. The number of alkyl halides is 3. The van der Waals surface area contributed by atoms with Crippen LogP contribution in [-0.4, -0.2) is 30.7 Å². The average Bonchev–Trinajstić information content (AvgIpc) is 2.81. The fourth-order valence-electron chi connectivity index (χ4n) is 2.83. The summed E-state index contributed by atoms with van der Waals surface area (Å²) >= 11 is 0. The lowest BCUT2D eigenvalue weighted by molar-refractivity contribution is -0.184. The summed E-state index contributed by atoms with van der Waals surface area (Å²) in [6, 6.07) is -0.531. The van der Waals surface area contributed by atoms with Gasteiger partial charge in [-0.05, 0) is 38.6 Å². The van der Waals surface area contributed by atoms with Gasteiger partial charge < -0.3 is 10.6 Å². The Morgan fingerprint density at radius 3 is 2.56 bits per heavy atom. The SMILES string of the molecule is O=C(NC1CCCC(C(F)(F)F)C1)[C@@H]1CCCN1. The average molecular weight is 264 g/mol. The van der Waals surface area contributed by atoms with Crippen LogP contribution in [0.1, 0.15) is 38.5 Å². The summed E-state index contributed by atoms with van der Waals surface area (Å²) in [7, 11) is 0. The van der Waals surface area contributed by atoms with Crippen LogP contribution in [-0.2, 0) is 4.79 Å². The lowest BCUT2D eigenvalue weighted by Gasteiger charge is -2.31. The second-order valence-corrected chi connectivity index (χ2v) is 5.26. The van der Waals surface area contributed by atoms with E-state index < -0.39 is 12.1 Å². The minimum atomic E-state index is -4.13. The first kappa shape index (κ1) is 13.6. The van der Waals surface area contributed by atoms with E-state index in [1.807, 2.05) is 0 Å². The summed E-state index contributed by atoms with van der Waals surface area (Å²) in [5.41, 5.74) is 0. The highest BCUT2D eigenvalue weighted by Crippen LogP contribution is 2.37. The fraction of sp³-hybridized carbons (Fsp3) is 0.917. The summed E-state index contributed by atoms with van der Waals surface area (Å²) in [6.45, 7) is 0.813. The molecule has 0 bridgehead atoms. The topological polar surface area (TPSA) is 41.1 Å². The molecule has 2 unspecified atom stereocenters. The highest BCUT2D eigenvalue weighted by molar-refractivity contribution is 5.82. The van der Waals surface area contributed by atoms with Gasteiger partial charge in [0, 0.05) is 6.04 Å². The largest absolute Gasteiger partial charge is 0.391 e. The van der Waals surface area contributed by atoms with E-state index >= 15 is 0 Å². The Hall–Kier alpha value is -0.780. The van der Waals surface area contributed by atoms with Crippen LogP contribution in [0.25, 0.3) is 0 Å². The van der Waals surface area contributed by atoms with Crippen LogP contribution < -0.4 is 10.6 Å². The molecular formula is C12H19F3N2O. The Morgan fingerprint density at radius 1 is 1.17 bits per heavy atom. The molecule has 6 heteroatoms. The Balaban J connectivity index is 1.83. The van der Waals surface area contributed by atoms with E-state index in [0.29, 0.717) is 12.8 Å². The maximum atomic E-state index is 12.6. The molecule has 3 nitrogen and oxygen atoms in total. The molecule has 0 aromatic heterocycles. The molecule has 0 aromatic rings. The molecule has 18 heavy (non-hydrogen) atoms. The molecule has 0 radical (unpaired) electrons. The van der Waals surface area contributed by atoms with Crippen LogP contribution >= 0.6 is 0 Å². The van der Waals surface area contributed by atoms with Gasteiger partial charge in [-0.25, -0.2) is 0 Å². The number of carbonyl (C=O) groups is 1. The van der Waals surface area contributed by atoms with Crippen molar-refractivity contribution in [2.45, 2.75) is 56.8 Å². The third-order valence-electron chi connectivity index (χ3n) is 3.86. The van der Waals surface area contributed by atoms with Gasteiger partial charge in [-0.1, -0.05) is 6.42 Å². The van der Waals surface area contributed by atoms with Gasteiger partial charge in [-0.2, -0.15) is 13.2 Å². The summed E-state index contributed by atoms with van der Waals surface area (Å²) < 4.78 is 37.9. The van der Waals surface area contributed by atoms with Gasteiger partial charge in [-0.3, -0.25) is 4.79 Å². The molecule has 2 rings (SSSR count). The van der Waals surface area contributed by atoms with Crippen LogP contribution in [0.5, 0.6) is 0 Å². The van der Waals surface area contributed by atoms with E-state index in [0.717, 1.165) is 19.4 Å². The molecule has 1 aliphatic carbocycles. The van der Waals surface area contributed by atoms with Crippen molar-refractivity contribution >= 4 is 5.91 Å². The molecule has 104 valence electrons. The normalized spacial score (nSPS) is 33.4. The first-order chi connectivity index (χ1) is 8.47. The van der Waals surface area contributed by atoms with Gasteiger partial charge >= 0.3 is 6.18 Å². The molecular weight excluding hydrogens is 245 g/mol. The molecule has 2 N–H and O–H groups in total. The zero-order chi connectivity index (χ0) is 13.2. The predicted octanol–water partition coefficient (Wildman–Crippen LogP) is 1.98. The zero-order valence-corrected chi connectivity index (χ0v) is 10.2. The van der Waals surface area contributed by atoms with E-state index in [4.69, 9.17) is 0 Å². The summed E-state index contributed by atoms with van der Waals surface area (Å²) in [4.78, 5) is 11.8. The van der Waals surface area contributed by atoms with Gasteiger partial charge in [0.15, 0.2) is 0 Å². The second-order valence-electron chi connectivity index (χ2n) is 5.26. The molecule has 1 amide bonds. The number of rotatable bonds is 2. The number of hydrogen-bond donors (Lipinski definition) is 2. The van der Waals surface area contributed by atoms with Crippen molar-refractivity contribution in [1.82, 2.24) is 10.6 Å². The third-order valence-corrected chi connectivity index (χ3v) is 3.86. The Bertz CT molecular complexity index is 300. The Morgan fingerprint density at radius 2 is 1.94 bits per heavy atom. The zero-order valence-electron chi connectivity index (χ0n) is 10.2. The van der Waals surface area contributed by atoms with Gasteiger partial charge in [0.1, 0.15) is 0 Å². The van der Waals surface area contributed by atoms with Gasteiger partial charge in [0.2, 0.25) is 5.91 Å². The number of amides is 1. The van der Waals surface area contributed by atoms with Crippen LogP contribution in [0.2, 0.25) is 0 Å². The van der Waals surface area contributed by atoms with Crippen molar-refractivity contribution < 1.29 is 18.0 Å². The summed E-state index contributed by atoms with van der Waals surface area (Å²) in [5, 5.41) is 5.81. The minimum absolute atomic E-state index is 0.0297. The summed E-state index contributed by atoms with van der Waals surface area (Å²) in [5.74, 6) is -1.39. The molecule has 1 heterocycles. The van der Waals surface area contributed by atoms with Gasteiger partial charge in [-0.15, -0.1) is 0 Å². The highest BCUT2D eigenvalue weighted by Gasteiger charge is 2.42. The van der Waals surface area contributed by atoms with Gasteiger partial charge in [0.05, 0.1) is 12.0 Å². The molecule has 0 aromatic carbocycles. The minimum Gasteiger partial charge on any atom is -0.352 e. The fourth-order valence-corrected chi connectivity index (χ4v) is 2.83. The highest BCUT2D eigenvalue weighted by atomic mass is 19.4. The van der Waals surface area contributed by atoms with Crippen LogP contribution in [0.3, 0.4) is 0 Å². The number of hydrogen-bond acceptors (Lipinski definition) is 2. The smallest absolute Gasteiger partial charge is 0.352 e. The van der Waals surface area contributed by atoms with Crippen LogP contribution in [0, 0.1) is 5.92 Å². The van der Waals surface area contributed by atoms with Crippen molar-refractivity contribution in [3.05, 3.63) is 0 Å². The van der Waals surface area contributed by atoms with E-state index in [-0.39, 0.29) is 30.8 Å². The quantitative estimate of drug-likeness (QED) is 0.800. The standard InChI is InChI=1S/C12H19F3N2O/c13-12(14,15)8-3-1-4-9(7-8)17-11(18)10-5-2-6-16-10/h8-10,16H,1-7H2,(H,17,18)/t8?,9?,10-/m0/s1. The third kappa shape index (κ3) is 3.37. The number of halogens is 3. The van der Waals surface area contributed by atoms with Crippen molar-refractivity contribution in [1.29, 1.82) is 0 Å².